The average Bonchev–Trinajstić information content (AvgIpc) is 2.82. The molecule has 0 amide bonds. The number of fused-ring (bicyclic) bond motifs is 2. The summed E-state index contributed by atoms with van der Waals surface area (Å²) in [7, 11) is 0. The Hall–Kier alpha value is -1.04. The first-order valence-electron chi connectivity index (χ1n) is 6.22. The van der Waals surface area contributed by atoms with Crippen LogP contribution in [0.1, 0.15) is 54.4 Å². The maximum atomic E-state index is 2.48. The highest BCUT2D eigenvalue weighted by Crippen LogP contribution is 2.37. The maximum Gasteiger partial charge on any atom is 0.00272 e. The molecule has 0 aromatic heterocycles. The van der Waals surface area contributed by atoms with Gasteiger partial charge in [-0.1, -0.05) is 37.6 Å². The minimum absolute atomic E-state index is 0.705. The van der Waals surface area contributed by atoms with E-state index in [2.05, 4.69) is 31.2 Å². The number of allylic oxidation sites excluding steroid dienone is 1. The van der Waals surface area contributed by atoms with Crippen LogP contribution in [-0.4, -0.2) is 0 Å². The molecule has 0 spiro atoms. The molecule has 78 valence electrons. The fourth-order valence-electron chi connectivity index (χ4n) is 3.01. The highest BCUT2D eigenvalue weighted by molar-refractivity contribution is 5.64. The third kappa shape index (κ3) is 1.43. The van der Waals surface area contributed by atoms with Gasteiger partial charge in [0.05, 0.1) is 0 Å². The Kier molecular flexibility index (Phi) is 2.16. The van der Waals surface area contributed by atoms with Crippen molar-refractivity contribution in [3.63, 3.8) is 0 Å². The first-order valence-corrected chi connectivity index (χ1v) is 6.22. The van der Waals surface area contributed by atoms with Crippen LogP contribution >= 0.6 is 0 Å². The van der Waals surface area contributed by atoms with Crippen LogP contribution in [0.5, 0.6) is 0 Å². The van der Waals surface area contributed by atoms with Gasteiger partial charge in [-0.05, 0) is 47.9 Å². The van der Waals surface area contributed by atoms with E-state index in [9.17, 15) is 0 Å². The zero-order valence-electron chi connectivity index (χ0n) is 9.42. The normalized spacial score (nSPS) is 21.8. The lowest BCUT2D eigenvalue weighted by Crippen LogP contribution is -1.95. The van der Waals surface area contributed by atoms with Crippen LogP contribution in [0.15, 0.2) is 18.2 Å². The molecule has 0 N–H and O–H groups in total. The van der Waals surface area contributed by atoms with Gasteiger partial charge in [0.15, 0.2) is 0 Å². The summed E-state index contributed by atoms with van der Waals surface area (Å²) in [6.45, 7) is 2.28. The molecule has 2 aliphatic carbocycles. The molecule has 0 radical (unpaired) electrons. The van der Waals surface area contributed by atoms with Crippen molar-refractivity contribution in [2.24, 2.45) is 0 Å². The van der Waals surface area contributed by atoms with Crippen molar-refractivity contribution < 1.29 is 0 Å². The summed E-state index contributed by atoms with van der Waals surface area (Å²) in [6.07, 6.45) is 11.3. The van der Waals surface area contributed by atoms with Crippen LogP contribution in [0.2, 0.25) is 0 Å². The van der Waals surface area contributed by atoms with Crippen molar-refractivity contribution in [1.29, 1.82) is 0 Å². The summed E-state index contributed by atoms with van der Waals surface area (Å²) in [5, 5.41) is 0. The Labute approximate surface area is 92.0 Å². The van der Waals surface area contributed by atoms with Crippen LogP contribution in [0.3, 0.4) is 0 Å². The van der Waals surface area contributed by atoms with E-state index in [1.54, 1.807) is 16.7 Å². The highest BCUT2D eigenvalue weighted by atomic mass is 14.2. The van der Waals surface area contributed by atoms with Crippen molar-refractivity contribution in [2.75, 3.05) is 0 Å². The van der Waals surface area contributed by atoms with E-state index < -0.39 is 0 Å². The van der Waals surface area contributed by atoms with Crippen LogP contribution in [0.4, 0.5) is 0 Å². The van der Waals surface area contributed by atoms with E-state index in [1.165, 1.54) is 37.7 Å². The molecule has 1 unspecified atom stereocenters. The van der Waals surface area contributed by atoms with Crippen molar-refractivity contribution in [1.82, 2.24) is 0 Å². The highest BCUT2D eigenvalue weighted by Gasteiger charge is 2.20. The minimum Gasteiger partial charge on any atom is -0.0764 e. The second-order valence-corrected chi connectivity index (χ2v) is 4.86. The van der Waals surface area contributed by atoms with Crippen molar-refractivity contribution in [3.05, 3.63) is 40.5 Å². The lowest BCUT2D eigenvalue weighted by atomic mass is 9.93. The summed E-state index contributed by atoms with van der Waals surface area (Å²) in [4.78, 5) is 0. The molecular weight excluding hydrogens is 180 g/mol. The summed E-state index contributed by atoms with van der Waals surface area (Å²) in [6, 6.07) is 4.92. The zero-order valence-corrected chi connectivity index (χ0v) is 9.42. The molecule has 0 heteroatoms. The molecule has 1 aromatic rings. The van der Waals surface area contributed by atoms with Gasteiger partial charge < -0.3 is 0 Å². The molecule has 0 saturated heterocycles. The monoisotopic (exact) mass is 198 g/mol. The van der Waals surface area contributed by atoms with Gasteiger partial charge in [0.25, 0.3) is 0 Å². The number of hydrogen-bond donors (Lipinski definition) is 0. The Morgan fingerprint density at radius 2 is 2.00 bits per heavy atom. The summed E-state index contributed by atoms with van der Waals surface area (Å²) >= 11 is 0. The van der Waals surface area contributed by atoms with Gasteiger partial charge in [-0.2, -0.15) is 0 Å². The summed E-state index contributed by atoms with van der Waals surface area (Å²) in [5.41, 5.74) is 6.32. The van der Waals surface area contributed by atoms with E-state index in [1.807, 2.05) is 0 Å². The van der Waals surface area contributed by atoms with E-state index in [-0.39, 0.29) is 0 Å². The van der Waals surface area contributed by atoms with Gasteiger partial charge in [-0.25, -0.2) is 0 Å². The molecule has 0 aliphatic heterocycles. The van der Waals surface area contributed by atoms with E-state index >= 15 is 0 Å². The quantitative estimate of drug-likeness (QED) is 0.671. The second kappa shape index (κ2) is 3.52. The number of aryl methyl sites for hydroxylation is 2. The van der Waals surface area contributed by atoms with Gasteiger partial charge in [-0.3, -0.25) is 0 Å². The Bertz CT molecular complexity index is 412. The van der Waals surface area contributed by atoms with Crippen LogP contribution in [0.25, 0.3) is 6.08 Å². The molecule has 2 aliphatic rings. The molecule has 0 heterocycles. The molecule has 1 aromatic carbocycles. The van der Waals surface area contributed by atoms with E-state index in [0.29, 0.717) is 5.92 Å². The van der Waals surface area contributed by atoms with Crippen molar-refractivity contribution in [3.8, 4) is 0 Å². The molecule has 0 fully saturated rings. The third-order valence-electron chi connectivity index (χ3n) is 3.80. The SMILES string of the molecule is CCCC1C=Cc2cc3c(cc21)CCC3. The smallest absolute Gasteiger partial charge is 0.00272 e. The van der Waals surface area contributed by atoms with Crippen LogP contribution in [0, 0.1) is 0 Å². The molecule has 0 bridgehead atoms. The van der Waals surface area contributed by atoms with E-state index in [0.717, 1.165) is 0 Å². The standard InChI is InChI=1S/C15H18/c1-2-4-11-7-8-14-9-12-5-3-6-13(12)10-15(11)14/h7-11H,2-6H2,1H3. The predicted octanol–water partition coefficient (Wildman–Crippen LogP) is 4.09. The molecular formula is C15H18. The minimum atomic E-state index is 0.705. The van der Waals surface area contributed by atoms with Crippen LogP contribution in [-0.2, 0) is 12.8 Å². The lowest BCUT2D eigenvalue weighted by Gasteiger charge is -2.11. The maximum absolute atomic E-state index is 2.48. The Morgan fingerprint density at radius 3 is 2.80 bits per heavy atom. The number of benzene rings is 1. The van der Waals surface area contributed by atoms with Gasteiger partial charge in [0, 0.05) is 5.92 Å². The van der Waals surface area contributed by atoms with Crippen molar-refractivity contribution in [2.45, 2.75) is 44.9 Å². The fourth-order valence-corrected chi connectivity index (χ4v) is 3.01. The number of rotatable bonds is 2. The van der Waals surface area contributed by atoms with E-state index in [4.69, 9.17) is 0 Å². The largest absolute Gasteiger partial charge is 0.0764 e. The molecule has 15 heavy (non-hydrogen) atoms. The Balaban J connectivity index is 2.02. The molecule has 0 saturated carbocycles. The average molecular weight is 198 g/mol. The Morgan fingerprint density at radius 1 is 1.20 bits per heavy atom. The zero-order chi connectivity index (χ0) is 10.3. The molecule has 1 atom stereocenters. The lowest BCUT2D eigenvalue weighted by molar-refractivity contribution is 0.725. The summed E-state index contributed by atoms with van der Waals surface area (Å²) < 4.78 is 0. The number of hydrogen-bond acceptors (Lipinski definition) is 0. The topological polar surface area (TPSA) is 0 Å². The van der Waals surface area contributed by atoms with Gasteiger partial charge >= 0.3 is 0 Å². The van der Waals surface area contributed by atoms with Gasteiger partial charge in [0.1, 0.15) is 0 Å². The fraction of sp³-hybridized carbons (Fsp3) is 0.467. The first-order chi connectivity index (χ1) is 7.38. The van der Waals surface area contributed by atoms with Gasteiger partial charge in [-0.15, -0.1) is 0 Å². The third-order valence-corrected chi connectivity index (χ3v) is 3.80. The molecule has 0 nitrogen and oxygen atoms in total. The summed E-state index contributed by atoms with van der Waals surface area (Å²) in [5.74, 6) is 0.705. The van der Waals surface area contributed by atoms with Crippen molar-refractivity contribution >= 4 is 6.08 Å². The molecule has 3 rings (SSSR count). The van der Waals surface area contributed by atoms with Crippen LogP contribution < -0.4 is 0 Å². The van der Waals surface area contributed by atoms with Gasteiger partial charge in [0.2, 0.25) is 0 Å². The predicted molar refractivity (Wildman–Crippen MR) is 65.2 cm³/mol. The first kappa shape index (κ1) is 9.21. The second-order valence-electron chi connectivity index (χ2n) is 4.86.